The average molecular weight is 291 g/mol. The number of carboxylic acid groups (broad SMARTS) is 1. The molecule has 112 valence electrons. The fraction of sp³-hybridized carbons (Fsp3) is 0.357. The van der Waals surface area contributed by atoms with Crippen LogP contribution in [0.5, 0.6) is 0 Å². The van der Waals surface area contributed by atoms with Gasteiger partial charge in [-0.1, -0.05) is 24.3 Å². The molecule has 4 N–H and O–H groups in total. The van der Waals surface area contributed by atoms with Gasteiger partial charge in [-0.2, -0.15) is 0 Å². The molecule has 7 heteroatoms. The summed E-state index contributed by atoms with van der Waals surface area (Å²) < 4.78 is 0. The number of carboxylic acids is 1. The Morgan fingerprint density at radius 1 is 1.33 bits per heavy atom. The van der Waals surface area contributed by atoms with Gasteiger partial charge in [0, 0.05) is 13.0 Å². The molecule has 0 spiro atoms. The van der Waals surface area contributed by atoms with E-state index < -0.39 is 30.0 Å². The molecule has 1 unspecified atom stereocenters. The third-order valence-electron chi connectivity index (χ3n) is 3.56. The first-order chi connectivity index (χ1) is 9.90. The summed E-state index contributed by atoms with van der Waals surface area (Å²) in [7, 11) is 0. The Bertz CT molecular complexity index is 587. The molecule has 0 radical (unpaired) electrons. The summed E-state index contributed by atoms with van der Waals surface area (Å²) in [6.45, 7) is 1.64. The third kappa shape index (κ3) is 3.13. The number of carbonyl (C=O) groups excluding carboxylic acids is 2. The van der Waals surface area contributed by atoms with E-state index in [1.807, 2.05) is 24.3 Å². The number of primary amides is 1. The normalized spacial score (nSPS) is 18.5. The van der Waals surface area contributed by atoms with Crippen LogP contribution in [0, 0.1) is 0 Å². The van der Waals surface area contributed by atoms with Gasteiger partial charge in [-0.05, 0) is 18.1 Å². The number of urea groups is 1. The van der Waals surface area contributed by atoms with E-state index in [0.29, 0.717) is 0 Å². The quantitative estimate of drug-likeness (QED) is 0.732. The summed E-state index contributed by atoms with van der Waals surface area (Å²) in [6, 6.07) is 4.95. The molecule has 0 saturated heterocycles. The molecule has 1 heterocycles. The van der Waals surface area contributed by atoms with E-state index >= 15 is 0 Å². The number of aliphatic carboxylic acids is 1. The fourth-order valence-corrected chi connectivity index (χ4v) is 2.30. The number of nitrogens with zero attached hydrogens (tertiary/aromatic N) is 1. The molecular formula is C14H17N3O4. The van der Waals surface area contributed by atoms with Crippen LogP contribution in [0.2, 0.25) is 0 Å². The summed E-state index contributed by atoms with van der Waals surface area (Å²) in [5.74, 6) is -1.75. The minimum Gasteiger partial charge on any atom is -0.480 e. The van der Waals surface area contributed by atoms with Gasteiger partial charge in [-0.25, -0.2) is 9.59 Å². The van der Waals surface area contributed by atoms with E-state index in [9.17, 15) is 19.5 Å². The summed E-state index contributed by atoms with van der Waals surface area (Å²) >= 11 is 0. The molecule has 1 aromatic carbocycles. The first-order valence-corrected chi connectivity index (χ1v) is 6.56. The van der Waals surface area contributed by atoms with Crippen molar-refractivity contribution in [2.24, 2.45) is 5.73 Å². The van der Waals surface area contributed by atoms with E-state index in [-0.39, 0.29) is 13.0 Å². The molecule has 0 aromatic heterocycles. The van der Waals surface area contributed by atoms with Crippen LogP contribution in [0.15, 0.2) is 24.3 Å². The zero-order valence-electron chi connectivity index (χ0n) is 11.6. The zero-order chi connectivity index (χ0) is 15.6. The predicted octanol–water partition coefficient (Wildman–Crippen LogP) is 0.0813. The summed E-state index contributed by atoms with van der Waals surface area (Å²) in [5, 5.41) is 11.7. The number of amides is 3. The highest BCUT2D eigenvalue weighted by molar-refractivity contribution is 5.88. The zero-order valence-corrected chi connectivity index (χ0v) is 11.6. The number of benzene rings is 1. The van der Waals surface area contributed by atoms with Crippen LogP contribution in [0.25, 0.3) is 0 Å². The first kappa shape index (κ1) is 14.8. The van der Waals surface area contributed by atoms with Crippen molar-refractivity contribution < 1.29 is 19.5 Å². The van der Waals surface area contributed by atoms with Gasteiger partial charge >= 0.3 is 12.0 Å². The molecule has 0 aliphatic carbocycles. The van der Waals surface area contributed by atoms with Crippen LogP contribution in [0.1, 0.15) is 18.1 Å². The second kappa shape index (κ2) is 5.82. The van der Waals surface area contributed by atoms with Gasteiger partial charge in [0.2, 0.25) is 5.91 Å². The van der Waals surface area contributed by atoms with Crippen molar-refractivity contribution in [2.45, 2.75) is 32.0 Å². The van der Waals surface area contributed by atoms with E-state index in [0.717, 1.165) is 11.1 Å². The minimum atomic E-state index is -1.08. The Morgan fingerprint density at radius 2 is 1.95 bits per heavy atom. The SMILES string of the molecule is CC(NC(=O)N1Cc2ccccc2C[C@H]1C(=O)O)C(N)=O. The lowest BCUT2D eigenvalue weighted by Gasteiger charge is -2.34. The van der Waals surface area contributed by atoms with Crippen molar-refractivity contribution in [3.8, 4) is 0 Å². The number of fused-ring (bicyclic) bond motifs is 1. The lowest BCUT2D eigenvalue weighted by molar-refractivity contribution is -0.142. The number of nitrogens with one attached hydrogen (secondary N) is 1. The second-order valence-corrected chi connectivity index (χ2v) is 5.03. The van der Waals surface area contributed by atoms with Gasteiger partial charge in [0.15, 0.2) is 0 Å². The van der Waals surface area contributed by atoms with Gasteiger partial charge in [0.25, 0.3) is 0 Å². The van der Waals surface area contributed by atoms with Gasteiger partial charge in [-0.3, -0.25) is 4.79 Å². The topological polar surface area (TPSA) is 113 Å². The summed E-state index contributed by atoms with van der Waals surface area (Å²) in [6.07, 6.45) is 0.240. The highest BCUT2D eigenvalue weighted by Crippen LogP contribution is 2.23. The van der Waals surface area contributed by atoms with Gasteiger partial charge in [0.05, 0.1) is 0 Å². The molecule has 3 amide bonds. The number of nitrogens with two attached hydrogens (primary N) is 1. The molecule has 2 atom stereocenters. The Morgan fingerprint density at radius 3 is 2.52 bits per heavy atom. The van der Waals surface area contributed by atoms with Crippen LogP contribution in [0.4, 0.5) is 4.79 Å². The van der Waals surface area contributed by atoms with E-state index in [1.54, 1.807) is 0 Å². The fourth-order valence-electron chi connectivity index (χ4n) is 2.30. The third-order valence-corrected chi connectivity index (χ3v) is 3.56. The van der Waals surface area contributed by atoms with Crippen LogP contribution in [-0.4, -0.2) is 40.0 Å². The maximum absolute atomic E-state index is 12.2. The standard InChI is InChI=1S/C14H17N3O4/c1-8(12(15)18)16-14(21)17-7-10-5-3-2-4-9(10)6-11(17)13(19)20/h2-5,8,11H,6-7H2,1H3,(H2,15,18)(H,16,21)(H,19,20)/t8?,11-/m0/s1. The van der Waals surface area contributed by atoms with Crippen molar-refractivity contribution in [1.29, 1.82) is 0 Å². The van der Waals surface area contributed by atoms with Gasteiger partial charge in [0.1, 0.15) is 12.1 Å². The second-order valence-electron chi connectivity index (χ2n) is 5.03. The van der Waals surface area contributed by atoms with Crippen LogP contribution < -0.4 is 11.1 Å². The molecule has 21 heavy (non-hydrogen) atoms. The Kier molecular flexibility index (Phi) is 4.11. The van der Waals surface area contributed by atoms with Crippen molar-refractivity contribution >= 4 is 17.9 Å². The molecule has 0 fully saturated rings. The Labute approximate surface area is 121 Å². The minimum absolute atomic E-state index is 0.185. The monoisotopic (exact) mass is 291 g/mol. The number of hydrogen-bond donors (Lipinski definition) is 3. The molecule has 0 bridgehead atoms. The molecular weight excluding hydrogens is 274 g/mol. The molecule has 1 aromatic rings. The van der Waals surface area contributed by atoms with E-state index in [4.69, 9.17) is 5.73 Å². The largest absolute Gasteiger partial charge is 0.480 e. The average Bonchev–Trinajstić information content (AvgIpc) is 2.45. The van der Waals surface area contributed by atoms with Crippen molar-refractivity contribution in [3.05, 3.63) is 35.4 Å². The van der Waals surface area contributed by atoms with E-state index in [2.05, 4.69) is 5.32 Å². The van der Waals surface area contributed by atoms with Crippen molar-refractivity contribution in [1.82, 2.24) is 10.2 Å². The van der Waals surface area contributed by atoms with E-state index in [1.165, 1.54) is 11.8 Å². The number of hydrogen-bond acceptors (Lipinski definition) is 3. The van der Waals surface area contributed by atoms with Crippen LogP contribution in [-0.2, 0) is 22.6 Å². The summed E-state index contributed by atoms with van der Waals surface area (Å²) in [4.78, 5) is 35.8. The summed E-state index contributed by atoms with van der Waals surface area (Å²) in [5.41, 5.74) is 6.91. The molecule has 1 aliphatic heterocycles. The highest BCUT2D eigenvalue weighted by Gasteiger charge is 2.35. The molecule has 2 rings (SSSR count). The molecule has 0 saturated carbocycles. The lowest BCUT2D eigenvalue weighted by Crippen LogP contribution is -2.55. The van der Waals surface area contributed by atoms with Crippen molar-refractivity contribution in [2.75, 3.05) is 0 Å². The number of rotatable bonds is 3. The maximum Gasteiger partial charge on any atom is 0.326 e. The Hall–Kier alpha value is -2.57. The Balaban J connectivity index is 2.22. The van der Waals surface area contributed by atoms with Crippen LogP contribution in [0.3, 0.4) is 0 Å². The molecule has 1 aliphatic rings. The highest BCUT2D eigenvalue weighted by atomic mass is 16.4. The van der Waals surface area contributed by atoms with Gasteiger partial charge < -0.3 is 21.1 Å². The van der Waals surface area contributed by atoms with Gasteiger partial charge in [-0.15, -0.1) is 0 Å². The maximum atomic E-state index is 12.2. The first-order valence-electron chi connectivity index (χ1n) is 6.56. The van der Waals surface area contributed by atoms with Crippen molar-refractivity contribution in [3.63, 3.8) is 0 Å². The lowest BCUT2D eigenvalue weighted by atomic mass is 9.94. The predicted molar refractivity (Wildman–Crippen MR) is 74.3 cm³/mol. The number of carbonyl (C=O) groups is 3. The van der Waals surface area contributed by atoms with Crippen LogP contribution >= 0.6 is 0 Å². The smallest absolute Gasteiger partial charge is 0.326 e. The molecule has 7 nitrogen and oxygen atoms in total.